The number of aromatic nitrogens is 1. The maximum Gasteiger partial charge on any atom is 0.243 e. The summed E-state index contributed by atoms with van der Waals surface area (Å²) in [7, 11) is -3.43. The Balaban J connectivity index is 1.34. The predicted octanol–water partition coefficient (Wildman–Crippen LogP) is 4.14. The number of carbonyl (C=O) groups is 1. The molecule has 1 amide bonds. The van der Waals surface area contributed by atoms with Crippen LogP contribution in [0.15, 0.2) is 51.8 Å². The van der Waals surface area contributed by atoms with Gasteiger partial charge in [0, 0.05) is 31.6 Å². The smallest absolute Gasteiger partial charge is 0.243 e. The molecule has 0 aliphatic carbocycles. The molecule has 1 aliphatic rings. The molecule has 2 aromatic carbocycles. The number of anilines is 1. The van der Waals surface area contributed by atoms with Crippen LogP contribution in [0.2, 0.25) is 0 Å². The molecule has 31 heavy (non-hydrogen) atoms. The second-order valence-electron chi connectivity index (χ2n) is 7.80. The van der Waals surface area contributed by atoms with Crippen LogP contribution in [-0.4, -0.2) is 36.7 Å². The van der Waals surface area contributed by atoms with Crippen molar-refractivity contribution in [1.82, 2.24) is 9.29 Å². The van der Waals surface area contributed by atoms with Gasteiger partial charge in [0.1, 0.15) is 5.52 Å². The number of carbonyl (C=O) groups excluding carboxylic acids is 1. The number of hydrogen-bond donors (Lipinski definition) is 1. The van der Waals surface area contributed by atoms with E-state index in [-0.39, 0.29) is 5.91 Å². The minimum absolute atomic E-state index is 0.108. The highest BCUT2D eigenvalue weighted by Gasteiger charge is 2.25. The number of nitrogens with zero attached hydrogens (tertiary/aromatic N) is 2. The van der Waals surface area contributed by atoms with Gasteiger partial charge in [-0.15, -0.1) is 0 Å². The zero-order valence-corrected chi connectivity index (χ0v) is 18.5. The molecule has 1 saturated heterocycles. The normalized spacial score (nSPS) is 15.3. The highest BCUT2D eigenvalue weighted by atomic mass is 32.2. The Bertz CT molecular complexity index is 1160. The van der Waals surface area contributed by atoms with Gasteiger partial charge >= 0.3 is 0 Å². The number of benzene rings is 2. The molecule has 164 valence electrons. The number of piperidine rings is 1. The molecule has 0 saturated carbocycles. The first-order valence-corrected chi connectivity index (χ1v) is 12.2. The van der Waals surface area contributed by atoms with E-state index in [1.807, 2.05) is 6.92 Å². The summed E-state index contributed by atoms with van der Waals surface area (Å²) in [6.07, 6.45) is 4.46. The second kappa shape index (κ2) is 9.20. The van der Waals surface area contributed by atoms with Crippen molar-refractivity contribution in [3.05, 3.63) is 53.9 Å². The molecule has 7 nitrogen and oxygen atoms in total. The first-order chi connectivity index (χ1) is 15.0. The van der Waals surface area contributed by atoms with Crippen LogP contribution in [0.5, 0.6) is 0 Å². The lowest BCUT2D eigenvalue weighted by atomic mass is 10.1. The summed E-state index contributed by atoms with van der Waals surface area (Å²) >= 11 is 0. The third-order valence-corrected chi connectivity index (χ3v) is 7.45. The average Bonchev–Trinajstić information content (AvgIpc) is 3.21. The van der Waals surface area contributed by atoms with Gasteiger partial charge in [-0.3, -0.25) is 4.79 Å². The van der Waals surface area contributed by atoms with Crippen LogP contribution in [0.1, 0.15) is 44.1 Å². The van der Waals surface area contributed by atoms with Crippen molar-refractivity contribution in [1.29, 1.82) is 0 Å². The second-order valence-corrected chi connectivity index (χ2v) is 9.74. The number of rotatable bonds is 7. The van der Waals surface area contributed by atoms with E-state index in [0.717, 1.165) is 30.3 Å². The Hall–Kier alpha value is -2.71. The molecule has 2 heterocycles. The fourth-order valence-electron chi connectivity index (χ4n) is 3.77. The van der Waals surface area contributed by atoms with Crippen LogP contribution in [0.3, 0.4) is 0 Å². The van der Waals surface area contributed by atoms with Crippen molar-refractivity contribution < 1.29 is 17.6 Å². The van der Waals surface area contributed by atoms with Crippen molar-refractivity contribution in [2.75, 3.05) is 18.4 Å². The Morgan fingerprint density at radius 3 is 2.55 bits per heavy atom. The number of fused-ring (bicyclic) bond motifs is 1. The molecule has 1 aromatic heterocycles. The maximum atomic E-state index is 12.7. The van der Waals surface area contributed by atoms with Gasteiger partial charge in [0.25, 0.3) is 0 Å². The Morgan fingerprint density at radius 1 is 1.10 bits per heavy atom. The van der Waals surface area contributed by atoms with Crippen molar-refractivity contribution in [2.24, 2.45) is 0 Å². The molecule has 3 aromatic rings. The molecule has 4 rings (SSSR count). The number of oxazole rings is 1. The summed E-state index contributed by atoms with van der Waals surface area (Å²) < 4.78 is 32.6. The largest absolute Gasteiger partial charge is 0.441 e. The van der Waals surface area contributed by atoms with Crippen molar-refractivity contribution >= 4 is 32.7 Å². The summed E-state index contributed by atoms with van der Waals surface area (Å²) in [6, 6.07) is 12.3. The van der Waals surface area contributed by atoms with E-state index >= 15 is 0 Å². The lowest BCUT2D eigenvalue weighted by Crippen LogP contribution is -2.35. The summed E-state index contributed by atoms with van der Waals surface area (Å²) in [6.45, 7) is 3.15. The van der Waals surface area contributed by atoms with Crippen LogP contribution in [0, 0.1) is 0 Å². The van der Waals surface area contributed by atoms with Crippen LogP contribution >= 0.6 is 0 Å². The standard InChI is InChI=1S/C23H27N3O4S/c1-2-23-25-20-16-18(9-12-21(20)30-23)24-22(27)13-8-17-6-10-19(11-7-17)31(28,29)26-14-4-3-5-15-26/h6-7,9-12,16H,2-5,8,13-15H2,1H3,(H,24,27). The van der Waals surface area contributed by atoms with Crippen LogP contribution < -0.4 is 5.32 Å². The summed E-state index contributed by atoms with van der Waals surface area (Å²) in [4.78, 5) is 17.1. The van der Waals surface area contributed by atoms with Gasteiger partial charge in [0.05, 0.1) is 4.90 Å². The molecule has 1 fully saturated rings. The number of amides is 1. The molecule has 0 spiro atoms. The molecule has 1 N–H and O–H groups in total. The quantitative estimate of drug-likeness (QED) is 0.595. The van der Waals surface area contributed by atoms with E-state index in [0.29, 0.717) is 54.4 Å². The minimum Gasteiger partial charge on any atom is -0.441 e. The predicted molar refractivity (Wildman–Crippen MR) is 119 cm³/mol. The van der Waals surface area contributed by atoms with Gasteiger partial charge in [-0.2, -0.15) is 4.31 Å². The molecule has 0 unspecified atom stereocenters. The lowest BCUT2D eigenvalue weighted by Gasteiger charge is -2.25. The fraction of sp³-hybridized carbons (Fsp3) is 0.391. The molecular weight excluding hydrogens is 414 g/mol. The molecule has 0 radical (unpaired) electrons. The fourth-order valence-corrected chi connectivity index (χ4v) is 5.28. The highest BCUT2D eigenvalue weighted by molar-refractivity contribution is 7.89. The van der Waals surface area contributed by atoms with E-state index in [1.54, 1.807) is 46.8 Å². The zero-order valence-electron chi connectivity index (χ0n) is 17.6. The van der Waals surface area contributed by atoms with Crippen LogP contribution in [0.4, 0.5) is 5.69 Å². The van der Waals surface area contributed by atoms with Crippen molar-refractivity contribution in [2.45, 2.75) is 50.3 Å². The molecular formula is C23H27N3O4S. The summed E-state index contributed by atoms with van der Waals surface area (Å²) in [5.41, 5.74) is 3.03. The molecule has 1 aliphatic heterocycles. The van der Waals surface area contributed by atoms with Crippen LogP contribution in [-0.2, 0) is 27.7 Å². The van der Waals surface area contributed by atoms with E-state index in [2.05, 4.69) is 10.3 Å². The molecule has 8 heteroatoms. The van der Waals surface area contributed by atoms with Crippen molar-refractivity contribution in [3.8, 4) is 0 Å². The summed E-state index contributed by atoms with van der Waals surface area (Å²) in [5.74, 6) is 0.563. The van der Waals surface area contributed by atoms with E-state index < -0.39 is 10.0 Å². The SMILES string of the molecule is CCc1nc2cc(NC(=O)CCc3ccc(S(=O)(=O)N4CCCCC4)cc3)ccc2o1. The van der Waals surface area contributed by atoms with E-state index in [1.165, 1.54) is 0 Å². The third kappa shape index (κ3) is 4.97. The van der Waals surface area contributed by atoms with E-state index in [9.17, 15) is 13.2 Å². The van der Waals surface area contributed by atoms with Crippen LogP contribution in [0.25, 0.3) is 11.1 Å². The summed E-state index contributed by atoms with van der Waals surface area (Å²) in [5, 5.41) is 2.89. The molecule has 0 bridgehead atoms. The first-order valence-electron chi connectivity index (χ1n) is 10.7. The topological polar surface area (TPSA) is 92.5 Å². The number of aryl methyl sites for hydroxylation is 2. The van der Waals surface area contributed by atoms with Gasteiger partial charge in [0.2, 0.25) is 15.9 Å². The molecule has 0 atom stereocenters. The van der Waals surface area contributed by atoms with Crippen molar-refractivity contribution in [3.63, 3.8) is 0 Å². The maximum absolute atomic E-state index is 12.7. The monoisotopic (exact) mass is 441 g/mol. The van der Waals surface area contributed by atoms with Gasteiger partial charge < -0.3 is 9.73 Å². The Kier molecular flexibility index (Phi) is 6.38. The third-order valence-electron chi connectivity index (χ3n) is 5.53. The van der Waals surface area contributed by atoms with Gasteiger partial charge in [0.15, 0.2) is 11.5 Å². The number of nitrogens with one attached hydrogen (secondary N) is 1. The minimum atomic E-state index is -3.43. The van der Waals surface area contributed by atoms with Gasteiger partial charge in [-0.05, 0) is 55.2 Å². The Morgan fingerprint density at radius 2 is 1.84 bits per heavy atom. The van der Waals surface area contributed by atoms with E-state index in [4.69, 9.17) is 4.42 Å². The lowest BCUT2D eigenvalue weighted by molar-refractivity contribution is -0.116. The number of sulfonamides is 1. The zero-order chi connectivity index (χ0) is 21.8. The number of hydrogen-bond acceptors (Lipinski definition) is 5. The Labute approximate surface area is 182 Å². The average molecular weight is 442 g/mol. The first kappa shape index (κ1) is 21.5. The van der Waals surface area contributed by atoms with Gasteiger partial charge in [-0.25, -0.2) is 13.4 Å². The van der Waals surface area contributed by atoms with Gasteiger partial charge in [-0.1, -0.05) is 25.5 Å². The highest BCUT2D eigenvalue weighted by Crippen LogP contribution is 2.22.